The van der Waals surface area contributed by atoms with E-state index in [4.69, 9.17) is 0 Å². The number of carbonyl (C=O) groups excluding carboxylic acids is 1. The van der Waals surface area contributed by atoms with E-state index in [0.29, 0.717) is 17.2 Å². The molecule has 0 radical (unpaired) electrons. The third kappa shape index (κ3) is 3.18. The van der Waals surface area contributed by atoms with Crippen LogP contribution in [0, 0.1) is 12.7 Å². The molecule has 1 amide bonds. The number of benzene rings is 1. The molecule has 0 aliphatic heterocycles. The van der Waals surface area contributed by atoms with Gasteiger partial charge in [0, 0.05) is 24.7 Å². The topological polar surface area (TPSA) is 32.3 Å². The maximum Gasteiger partial charge on any atom is 0.253 e. The Morgan fingerprint density at radius 2 is 1.95 bits per heavy atom. The summed E-state index contributed by atoms with van der Waals surface area (Å²) in [5, 5.41) is 3.28. The standard InChI is InChI=1S/C16H23FN2O/c1-11-4-5-12(10-15(11)17)16(20)19(3)14-8-6-13(18-2)7-9-14/h4-5,10,13-14,18H,6-9H2,1-3H3. The molecule has 0 atom stereocenters. The molecule has 1 aromatic rings. The van der Waals surface area contributed by atoms with Crippen LogP contribution in [0.1, 0.15) is 41.6 Å². The summed E-state index contributed by atoms with van der Waals surface area (Å²) in [6.45, 7) is 1.70. The second-order valence-electron chi connectivity index (χ2n) is 5.67. The van der Waals surface area contributed by atoms with Gasteiger partial charge >= 0.3 is 0 Å². The molecular weight excluding hydrogens is 255 g/mol. The van der Waals surface area contributed by atoms with Crippen molar-refractivity contribution in [3.63, 3.8) is 0 Å². The predicted octanol–water partition coefficient (Wildman–Crippen LogP) is 2.74. The number of rotatable bonds is 3. The van der Waals surface area contributed by atoms with Gasteiger partial charge in [0.25, 0.3) is 5.91 Å². The van der Waals surface area contributed by atoms with Gasteiger partial charge < -0.3 is 10.2 Å². The molecule has 1 aliphatic rings. The van der Waals surface area contributed by atoms with Crippen LogP contribution in [0.5, 0.6) is 0 Å². The van der Waals surface area contributed by atoms with Gasteiger partial charge in [-0.1, -0.05) is 6.07 Å². The van der Waals surface area contributed by atoms with Crippen LogP contribution in [0.25, 0.3) is 0 Å². The molecule has 0 unspecified atom stereocenters. The Bertz CT molecular complexity index is 481. The lowest BCUT2D eigenvalue weighted by Gasteiger charge is -2.34. The lowest BCUT2D eigenvalue weighted by atomic mass is 9.90. The molecule has 0 heterocycles. The first-order valence-electron chi connectivity index (χ1n) is 7.23. The van der Waals surface area contributed by atoms with Crippen LogP contribution >= 0.6 is 0 Å². The SMILES string of the molecule is CNC1CCC(N(C)C(=O)c2ccc(C)c(F)c2)CC1. The minimum Gasteiger partial charge on any atom is -0.339 e. The zero-order valence-electron chi connectivity index (χ0n) is 12.4. The number of carbonyl (C=O) groups is 1. The quantitative estimate of drug-likeness (QED) is 0.922. The van der Waals surface area contributed by atoms with Gasteiger partial charge in [-0.3, -0.25) is 4.79 Å². The molecule has 2 rings (SSSR count). The third-order valence-corrected chi connectivity index (χ3v) is 4.39. The van der Waals surface area contributed by atoms with Crippen molar-refractivity contribution in [2.75, 3.05) is 14.1 Å². The number of halogens is 1. The third-order valence-electron chi connectivity index (χ3n) is 4.39. The van der Waals surface area contributed by atoms with E-state index >= 15 is 0 Å². The molecular formula is C16H23FN2O. The maximum absolute atomic E-state index is 13.6. The average Bonchev–Trinajstić information content (AvgIpc) is 2.48. The second kappa shape index (κ2) is 6.35. The van der Waals surface area contributed by atoms with Crippen LogP contribution in [0.15, 0.2) is 18.2 Å². The first-order chi connectivity index (χ1) is 9.52. The molecule has 1 aromatic carbocycles. The molecule has 4 heteroatoms. The fourth-order valence-electron chi connectivity index (χ4n) is 2.85. The van der Waals surface area contributed by atoms with E-state index in [0.717, 1.165) is 25.7 Å². The molecule has 1 N–H and O–H groups in total. The van der Waals surface area contributed by atoms with E-state index in [2.05, 4.69) is 5.32 Å². The molecule has 0 saturated heterocycles. The number of aryl methyl sites for hydroxylation is 1. The van der Waals surface area contributed by atoms with Gasteiger partial charge in [-0.05, 0) is 57.4 Å². The maximum atomic E-state index is 13.6. The van der Waals surface area contributed by atoms with Gasteiger partial charge in [0.15, 0.2) is 0 Å². The Hall–Kier alpha value is -1.42. The fraction of sp³-hybridized carbons (Fsp3) is 0.562. The summed E-state index contributed by atoms with van der Waals surface area (Å²) >= 11 is 0. The van der Waals surface area contributed by atoms with E-state index < -0.39 is 0 Å². The number of hydrogen-bond acceptors (Lipinski definition) is 2. The lowest BCUT2D eigenvalue weighted by molar-refractivity contribution is 0.0685. The molecule has 110 valence electrons. The summed E-state index contributed by atoms with van der Waals surface area (Å²) in [6.07, 6.45) is 4.17. The minimum atomic E-state index is -0.317. The summed E-state index contributed by atoms with van der Waals surface area (Å²) in [7, 11) is 3.80. The summed E-state index contributed by atoms with van der Waals surface area (Å²) in [5.41, 5.74) is 1.00. The Morgan fingerprint density at radius 1 is 1.30 bits per heavy atom. The fourth-order valence-corrected chi connectivity index (χ4v) is 2.85. The van der Waals surface area contributed by atoms with Gasteiger partial charge in [-0.25, -0.2) is 4.39 Å². The van der Waals surface area contributed by atoms with E-state index in [1.807, 2.05) is 14.1 Å². The van der Waals surface area contributed by atoms with Gasteiger partial charge in [0.1, 0.15) is 5.82 Å². The first-order valence-corrected chi connectivity index (χ1v) is 7.23. The predicted molar refractivity (Wildman–Crippen MR) is 78.3 cm³/mol. The summed E-state index contributed by atoms with van der Waals surface area (Å²) in [5.74, 6) is -0.403. The van der Waals surface area contributed by atoms with E-state index in [1.54, 1.807) is 24.0 Å². The summed E-state index contributed by atoms with van der Waals surface area (Å²) < 4.78 is 13.6. The van der Waals surface area contributed by atoms with Crippen LogP contribution in [0.3, 0.4) is 0 Å². The van der Waals surface area contributed by atoms with Crippen LogP contribution in [0.4, 0.5) is 4.39 Å². The van der Waals surface area contributed by atoms with Crippen LogP contribution < -0.4 is 5.32 Å². The van der Waals surface area contributed by atoms with Gasteiger partial charge in [0.2, 0.25) is 0 Å². The van der Waals surface area contributed by atoms with E-state index in [9.17, 15) is 9.18 Å². The zero-order valence-corrected chi connectivity index (χ0v) is 12.4. The molecule has 0 spiro atoms. The summed E-state index contributed by atoms with van der Waals surface area (Å²) in [4.78, 5) is 14.2. The van der Waals surface area contributed by atoms with Crippen molar-refractivity contribution < 1.29 is 9.18 Å². The van der Waals surface area contributed by atoms with Crippen LogP contribution in [-0.4, -0.2) is 37.0 Å². The van der Waals surface area contributed by atoms with Crippen molar-refractivity contribution in [2.24, 2.45) is 0 Å². The normalized spacial score (nSPS) is 22.6. The number of hydrogen-bond donors (Lipinski definition) is 1. The van der Waals surface area contributed by atoms with Crippen molar-refractivity contribution >= 4 is 5.91 Å². The van der Waals surface area contributed by atoms with Gasteiger partial charge in [-0.2, -0.15) is 0 Å². The van der Waals surface area contributed by atoms with Crippen LogP contribution in [0.2, 0.25) is 0 Å². The minimum absolute atomic E-state index is 0.0863. The Labute approximate surface area is 120 Å². The highest BCUT2D eigenvalue weighted by Crippen LogP contribution is 2.23. The Kier molecular flexibility index (Phi) is 4.76. The Balaban J connectivity index is 2.03. The zero-order chi connectivity index (χ0) is 14.7. The second-order valence-corrected chi connectivity index (χ2v) is 5.67. The highest BCUT2D eigenvalue weighted by Gasteiger charge is 2.26. The Morgan fingerprint density at radius 3 is 2.50 bits per heavy atom. The van der Waals surface area contributed by atoms with Crippen molar-refractivity contribution in [2.45, 2.75) is 44.7 Å². The summed E-state index contributed by atoms with van der Waals surface area (Å²) in [6, 6.07) is 5.53. The van der Waals surface area contributed by atoms with Gasteiger partial charge in [-0.15, -0.1) is 0 Å². The molecule has 3 nitrogen and oxygen atoms in total. The molecule has 0 aromatic heterocycles. The molecule has 0 bridgehead atoms. The monoisotopic (exact) mass is 278 g/mol. The van der Waals surface area contributed by atoms with Crippen molar-refractivity contribution in [1.29, 1.82) is 0 Å². The van der Waals surface area contributed by atoms with Crippen molar-refractivity contribution in [3.05, 3.63) is 35.1 Å². The average molecular weight is 278 g/mol. The van der Waals surface area contributed by atoms with E-state index in [-0.39, 0.29) is 17.8 Å². The number of nitrogens with zero attached hydrogens (tertiary/aromatic N) is 1. The van der Waals surface area contributed by atoms with Crippen molar-refractivity contribution in [1.82, 2.24) is 10.2 Å². The smallest absolute Gasteiger partial charge is 0.253 e. The highest BCUT2D eigenvalue weighted by atomic mass is 19.1. The highest BCUT2D eigenvalue weighted by molar-refractivity contribution is 5.94. The number of nitrogens with one attached hydrogen (secondary N) is 1. The molecule has 1 aliphatic carbocycles. The van der Waals surface area contributed by atoms with Crippen LogP contribution in [-0.2, 0) is 0 Å². The van der Waals surface area contributed by atoms with Crippen molar-refractivity contribution in [3.8, 4) is 0 Å². The lowest BCUT2D eigenvalue weighted by Crippen LogP contribution is -2.42. The first kappa shape index (κ1) is 15.0. The molecule has 20 heavy (non-hydrogen) atoms. The van der Waals surface area contributed by atoms with Gasteiger partial charge in [0.05, 0.1) is 0 Å². The van der Waals surface area contributed by atoms with E-state index in [1.165, 1.54) is 6.07 Å². The number of amides is 1. The largest absolute Gasteiger partial charge is 0.339 e. The molecule has 1 fully saturated rings. The molecule has 1 saturated carbocycles.